The molecule has 2 aromatic heterocycles. The highest BCUT2D eigenvalue weighted by Gasteiger charge is 2.42. The van der Waals surface area contributed by atoms with Crippen LogP contribution in [0.4, 0.5) is 13.2 Å². The van der Waals surface area contributed by atoms with Crippen LogP contribution in [-0.2, 0) is 4.74 Å². The number of nitrogens with one attached hydrogen (secondary N) is 1. The van der Waals surface area contributed by atoms with Gasteiger partial charge in [0.05, 0.1) is 6.10 Å². The van der Waals surface area contributed by atoms with Gasteiger partial charge in [-0.3, -0.25) is 9.53 Å². The lowest BCUT2D eigenvalue weighted by Crippen LogP contribution is -2.34. The van der Waals surface area contributed by atoms with Crippen molar-refractivity contribution in [2.24, 2.45) is 0 Å². The maximum Gasteiger partial charge on any atom is 0.522 e. The Bertz CT molecular complexity index is 897. The van der Waals surface area contributed by atoms with Crippen LogP contribution in [-0.4, -0.2) is 40.3 Å². The average molecular weight is 412 g/mol. The Balaban J connectivity index is 1.21. The summed E-state index contributed by atoms with van der Waals surface area (Å²) in [4.78, 5) is 12.1. The Kier molecular flexibility index (Phi) is 5.15. The van der Waals surface area contributed by atoms with Gasteiger partial charge in [-0.2, -0.15) is 0 Å². The van der Waals surface area contributed by atoms with Crippen LogP contribution in [0.1, 0.15) is 72.0 Å². The monoisotopic (exact) mass is 412 g/mol. The minimum atomic E-state index is -4.64. The Morgan fingerprint density at radius 3 is 2.72 bits per heavy atom. The maximum absolute atomic E-state index is 12.2. The second kappa shape index (κ2) is 7.62. The number of hydrogen-bond acceptors (Lipinski definition) is 7. The fourth-order valence-corrected chi connectivity index (χ4v) is 3.08. The van der Waals surface area contributed by atoms with E-state index < -0.39 is 12.5 Å². The SMILES string of the molecule is C=C(CCNC(=O)c1cc(C2CC2)on1)c1nnc(C2CC(OC(F)(F)F)C2)o1. The normalized spacial score (nSPS) is 21.6. The lowest BCUT2D eigenvalue weighted by atomic mass is 9.82. The van der Waals surface area contributed by atoms with E-state index in [-0.39, 0.29) is 48.7 Å². The molecule has 2 aliphatic carbocycles. The summed E-state index contributed by atoms with van der Waals surface area (Å²) >= 11 is 0. The van der Waals surface area contributed by atoms with Crippen LogP contribution in [0.25, 0.3) is 5.57 Å². The van der Waals surface area contributed by atoms with Gasteiger partial charge in [-0.1, -0.05) is 11.7 Å². The molecular formula is C18H19F3N4O4. The van der Waals surface area contributed by atoms with Crippen LogP contribution in [0.5, 0.6) is 0 Å². The molecule has 2 aromatic rings. The maximum atomic E-state index is 12.2. The average Bonchev–Trinajstić information content (AvgIpc) is 3.16. The molecule has 4 rings (SSSR count). The molecule has 1 amide bonds. The quantitative estimate of drug-likeness (QED) is 0.707. The van der Waals surface area contributed by atoms with Gasteiger partial charge in [-0.05, 0) is 32.1 Å². The highest BCUT2D eigenvalue weighted by molar-refractivity contribution is 5.92. The first-order valence-corrected chi connectivity index (χ1v) is 9.29. The molecule has 8 nitrogen and oxygen atoms in total. The van der Waals surface area contributed by atoms with Crippen molar-refractivity contribution in [2.45, 2.75) is 56.4 Å². The summed E-state index contributed by atoms with van der Waals surface area (Å²) < 4.78 is 51.1. The molecule has 0 aromatic carbocycles. The van der Waals surface area contributed by atoms with Gasteiger partial charge in [0.2, 0.25) is 11.8 Å². The van der Waals surface area contributed by atoms with Crippen molar-refractivity contribution >= 4 is 11.5 Å². The number of hydrogen-bond donors (Lipinski definition) is 1. The number of halogens is 3. The topological polar surface area (TPSA) is 103 Å². The molecule has 0 unspecified atom stereocenters. The first-order chi connectivity index (χ1) is 13.8. The van der Waals surface area contributed by atoms with Crippen molar-refractivity contribution < 1.29 is 31.6 Å². The van der Waals surface area contributed by atoms with E-state index >= 15 is 0 Å². The number of carbonyl (C=O) groups excluding carboxylic acids is 1. The molecule has 0 spiro atoms. The smallest absolute Gasteiger partial charge is 0.421 e. The Morgan fingerprint density at radius 1 is 1.28 bits per heavy atom. The van der Waals surface area contributed by atoms with Crippen molar-refractivity contribution in [3.63, 3.8) is 0 Å². The Morgan fingerprint density at radius 2 is 2.03 bits per heavy atom. The van der Waals surface area contributed by atoms with Crippen LogP contribution in [0.2, 0.25) is 0 Å². The van der Waals surface area contributed by atoms with E-state index in [1.807, 2.05) is 0 Å². The Labute approximate surface area is 163 Å². The van der Waals surface area contributed by atoms with E-state index in [4.69, 9.17) is 8.94 Å². The zero-order chi connectivity index (χ0) is 20.6. The first-order valence-electron chi connectivity index (χ1n) is 9.29. The van der Waals surface area contributed by atoms with Gasteiger partial charge >= 0.3 is 6.36 Å². The van der Waals surface area contributed by atoms with E-state index in [1.54, 1.807) is 6.07 Å². The van der Waals surface area contributed by atoms with E-state index in [2.05, 4.69) is 32.0 Å². The number of alkyl halides is 3. The van der Waals surface area contributed by atoms with Gasteiger partial charge in [-0.15, -0.1) is 23.4 Å². The number of carbonyl (C=O) groups is 1. The summed E-state index contributed by atoms with van der Waals surface area (Å²) in [6.45, 7) is 4.14. The molecule has 156 valence electrons. The molecule has 2 heterocycles. The van der Waals surface area contributed by atoms with Crippen molar-refractivity contribution in [1.29, 1.82) is 0 Å². The highest BCUT2D eigenvalue weighted by atomic mass is 19.4. The van der Waals surface area contributed by atoms with Gasteiger partial charge in [0.1, 0.15) is 5.76 Å². The van der Waals surface area contributed by atoms with E-state index in [0.29, 0.717) is 17.9 Å². The highest BCUT2D eigenvalue weighted by Crippen LogP contribution is 2.41. The van der Waals surface area contributed by atoms with Crippen LogP contribution in [0, 0.1) is 0 Å². The minimum Gasteiger partial charge on any atom is -0.421 e. The molecule has 2 fully saturated rings. The lowest BCUT2D eigenvalue weighted by Gasteiger charge is -2.32. The summed E-state index contributed by atoms with van der Waals surface area (Å²) in [7, 11) is 0. The van der Waals surface area contributed by atoms with Crippen LogP contribution < -0.4 is 5.32 Å². The van der Waals surface area contributed by atoms with E-state index in [9.17, 15) is 18.0 Å². The van der Waals surface area contributed by atoms with Crippen molar-refractivity contribution in [2.75, 3.05) is 6.54 Å². The van der Waals surface area contributed by atoms with Crippen LogP contribution in [0.15, 0.2) is 21.6 Å². The fraction of sp³-hybridized carbons (Fsp3) is 0.556. The predicted octanol–water partition coefficient (Wildman–Crippen LogP) is 3.55. The third-order valence-corrected chi connectivity index (χ3v) is 4.94. The number of amides is 1. The molecule has 29 heavy (non-hydrogen) atoms. The molecule has 0 atom stereocenters. The molecule has 2 aliphatic rings. The number of ether oxygens (including phenoxy) is 1. The van der Waals surface area contributed by atoms with Crippen LogP contribution in [0.3, 0.4) is 0 Å². The molecule has 0 aliphatic heterocycles. The van der Waals surface area contributed by atoms with Gasteiger partial charge in [-0.25, -0.2) is 0 Å². The summed E-state index contributed by atoms with van der Waals surface area (Å²) in [6, 6.07) is 1.65. The van der Waals surface area contributed by atoms with Gasteiger partial charge in [0, 0.05) is 30.0 Å². The zero-order valence-electron chi connectivity index (χ0n) is 15.4. The van der Waals surface area contributed by atoms with Crippen molar-refractivity contribution in [1.82, 2.24) is 20.7 Å². The molecule has 0 saturated heterocycles. The fourth-order valence-electron chi connectivity index (χ4n) is 3.08. The van der Waals surface area contributed by atoms with Crippen molar-refractivity contribution in [3.8, 4) is 0 Å². The van der Waals surface area contributed by atoms with Crippen molar-refractivity contribution in [3.05, 3.63) is 35.9 Å². The van der Waals surface area contributed by atoms with E-state index in [1.165, 1.54) is 0 Å². The molecule has 0 radical (unpaired) electrons. The summed E-state index contributed by atoms with van der Waals surface area (Å²) in [5.41, 5.74) is 0.753. The second-order valence-corrected chi connectivity index (χ2v) is 7.30. The second-order valence-electron chi connectivity index (χ2n) is 7.30. The Hall–Kier alpha value is -2.69. The van der Waals surface area contributed by atoms with E-state index in [0.717, 1.165) is 18.6 Å². The lowest BCUT2D eigenvalue weighted by molar-refractivity contribution is -0.352. The van der Waals surface area contributed by atoms with Gasteiger partial charge < -0.3 is 14.3 Å². The number of rotatable bonds is 8. The predicted molar refractivity (Wildman–Crippen MR) is 91.7 cm³/mol. The molecule has 2 saturated carbocycles. The third kappa shape index (κ3) is 4.84. The number of aromatic nitrogens is 3. The minimum absolute atomic E-state index is 0.171. The molecule has 11 heteroatoms. The first kappa shape index (κ1) is 19.6. The summed E-state index contributed by atoms with van der Waals surface area (Å²) in [5, 5.41) is 14.3. The van der Waals surface area contributed by atoms with Gasteiger partial charge in [0.15, 0.2) is 5.69 Å². The third-order valence-electron chi connectivity index (χ3n) is 4.94. The number of nitrogens with zero attached hydrogens (tertiary/aromatic N) is 3. The van der Waals surface area contributed by atoms with Crippen LogP contribution >= 0.6 is 0 Å². The summed E-state index contributed by atoms with van der Waals surface area (Å²) in [5.74, 6) is 0.974. The zero-order valence-corrected chi connectivity index (χ0v) is 15.4. The largest absolute Gasteiger partial charge is 0.522 e. The standard InChI is InChI=1S/C18H19F3N4O4/c1-9(4-5-22-15(26)13-8-14(29-25-13)10-2-3-10)16-23-24-17(27-16)11-6-12(7-11)28-18(19,20)21/h8,10-12H,1-7H2,(H,22,26). The summed E-state index contributed by atoms with van der Waals surface area (Å²) in [6.07, 6.45) is -2.71. The molecule has 0 bridgehead atoms. The molecular weight excluding hydrogens is 393 g/mol. The molecule has 1 N–H and O–H groups in total. The van der Waals surface area contributed by atoms with Gasteiger partial charge in [0.25, 0.3) is 5.91 Å².